The first-order chi connectivity index (χ1) is 16.5. The number of likely N-dealkylation sites (N-methyl/N-ethyl adjacent to an activating group) is 1. The minimum atomic E-state index is -0.179. The third-order valence-electron chi connectivity index (χ3n) is 5.79. The van der Waals surface area contributed by atoms with Gasteiger partial charge in [0.15, 0.2) is 6.29 Å². The Morgan fingerprint density at radius 1 is 1.12 bits per heavy atom. The van der Waals surface area contributed by atoms with Crippen molar-refractivity contribution in [2.75, 3.05) is 39.5 Å². The molecule has 1 atom stereocenters. The highest BCUT2D eigenvalue weighted by atomic mass is 16.7. The number of nitrogen functional groups attached to an aromatic ring is 1. The molecule has 34 heavy (non-hydrogen) atoms. The van der Waals surface area contributed by atoms with Crippen LogP contribution in [0.1, 0.15) is 29.6 Å². The van der Waals surface area contributed by atoms with E-state index in [9.17, 15) is 4.79 Å². The lowest BCUT2D eigenvalue weighted by Crippen LogP contribution is -2.31. The molecular weight excluding hydrogens is 428 g/mol. The Kier molecular flexibility index (Phi) is 7.77. The Morgan fingerprint density at radius 2 is 1.94 bits per heavy atom. The summed E-state index contributed by atoms with van der Waals surface area (Å²) >= 11 is 0. The van der Waals surface area contributed by atoms with E-state index in [-0.39, 0.29) is 12.2 Å². The van der Waals surface area contributed by atoms with Gasteiger partial charge >= 0.3 is 0 Å². The molecule has 0 spiro atoms. The molecule has 1 saturated heterocycles. The van der Waals surface area contributed by atoms with Crippen molar-refractivity contribution in [1.82, 2.24) is 15.2 Å². The summed E-state index contributed by atoms with van der Waals surface area (Å²) in [6, 6.07) is 17.4. The molecule has 0 radical (unpaired) electrons. The largest absolute Gasteiger partial charge is 0.465 e. The number of amides is 1. The van der Waals surface area contributed by atoms with Gasteiger partial charge in [-0.25, -0.2) is 4.98 Å². The highest BCUT2D eigenvalue weighted by molar-refractivity contribution is 5.95. The first kappa shape index (κ1) is 23.7. The van der Waals surface area contributed by atoms with Crippen LogP contribution in [0.3, 0.4) is 0 Å². The number of anilines is 1. The van der Waals surface area contributed by atoms with Gasteiger partial charge in [-0.3, -0.25) is 4.79 Å². The quantitative estimate of drug-likeness (QED) is 0.524. The molecular formula is C27H32N4O3. The fraction of sp³-hybridized carbons (Fsp3) is 0.333. The maximum Gasteiger partial charge on any atom is 0.251 e. The average Bonchev–Trinajstić information content (AvgIpc) is 2.85. The summed E-state index contributed by atoms with van der Waals surface area (Å²) in [4.78, 5) is 19.0. The zero-order chi connectivity index (χ0) is 23.9. The van der Waals surface area contributed by atoms with Gasteiger partial charge in [0.25, 0.3) is 5.91 Å². The lowest BCUT2D eigenvalue weighted by molar-refractivity contribution is -0.105. The number of carbonyl (C=O) groups excluding carboxylic acids is 1. The molecule has 0 bridgehead atoms. The normalized spacial score (nSPS) is 15.8. The molecule has 7 heteroatoms. The van der Waals surface area contributed by atoms with Crippen LogP contribution in [0.2, 0.25) is 0 Å². The van der Waals surface area contributed by atoms with Gasteiger partial charge < -0.3 is 25.4 Å². The molecule has 1 fully saturated rings. The third-order valence-corrected chi connectivity index (χ3v) is 5.79. The smallest absolute Gasteiger partial charge is 0.251 e. The van der Waals surface area contributed by atoms with E-state index in [1.807, 2.05) is 73.6 Å². The van der Waals surface area contributed by atoms with Crippen LogP contribution in [0.15, 0.2) is 60.8 Å². The van der Waals surface area contributed by atoms with Crippen LogP contribution in [0, 0.1) is 0 Å². The number of aromatic nitrogens is 1. The van der Waals surface area contributed by atoms with E-state index in [1.54, 1.807) is 6.20 Å². The zero-order valence-corrected chi connectivity index (χ0v) is 19.8. The second kappa shape index (κ2) is 11.1. The van der Waals surface area contributed by atoms with E-state index in [1.165, 1.54) is 0 Å². The Balaban J connectivity index is 1.50. The van der Waals surface area contributed by atoms with Crippen molar-refractivity contribution < 1.29 is 14.3 Å². The SMILES string of the molecule is CN(C)CCNC(=O)c1cccc(-c2cnc(N)c(-c3ccc(OC4CCCCO4)cc3)c2)c1. The van der Waals surface area contributed by atoms with E-state index in [2.05, 4.69) is 10.3 Å². The van der Waals surface area contributed by atoms with Crippen molar-refractivity contribution in [2.24, 2.45) is 0 Å². The van der Waals surface area contributed by atoms with Gasteiger partial charge in [0.05, 0.1) is 6.61 Å². The van der Waals surface area contributed by atoms with Crippen molar-refractivity contribution >= 4 is 11.7 Å². The maximum absolute atomic E-state index is 12.5. The van der Waals surface area contributed by atoms with Gasteiger partial charge in [-0.05, 0) is 68.4 Å². The fourth-order valence-corrected chi connectivity index (χ4v) is 3.87. The molecule has 1 aliphatic heterocycles. The van der Waals surface area contributed by atoms with Crippen LogP contribution in [0.25, 0.3) is 22.3 Å². The molecule has 0 aliphatic carbocycles. The molecule has 178 valence electrons. The average molecular weight is 461 g/mol. The first-order valence-corrected chi connectivity index (χ1v) is 11.7. The number of nitrogens with zero attached hydrogens (tertiary/aromatic N) is 2. The molecule has 3 N–H and O–H groups in total. The molecule has 1 unspecified atom stereocenters. The summed E-state index contributed by atoms with van der Waals surface area (Å²) in [6.07, 6.45) is 4.68. The van der Waals surface area contributed by atoms with Crippen LogP contribution < -0.4 is 15.8 Å². The Morgan fingerprint density at radius 3 is 2.68 bits per heavy atom. The van der Waals surface area contributed by atoms with Crippen LogP contribution in [0.5, 0.6) is 5.75 Å². The standard InChI is InChI=1S/C27H32N4O3/c1-31(2)14-13-29-27(32)21-7-5-6-20(16-21)22-17-24(26(28)30-18-22)19-9-11-23(12-10-19)34-25-8-3-4-15-33-25/h5-7,9-12,16-18,25H,3-4,8,13-15H2,1-2H3,(H2,28,30)(H,29,32). The monoisotopic (exact) mass is 460 g/mol. The number of hydrogen-bond acceptors (Lipinski definition) is 6. The van der Waals surface area contributed by atoms with E-state index < -0.39 is 0 Å². The van der Waals surface area contributed by atoms with Gasteiger partial charge in [-0.1, -0.05) is 24.3 Å². The van der Waals surface area contributed by atoms with Crippen molar-refractivity contribution in [2.45, 2.75) is 25.6 Å². The summed E-state index contributed by atoms with van der Waals surface area (Å²) in [5.41, 5.74) is 10.4. The minimum Gasteiger partial charge on any atom is -0.465 e. The highest BCUT2D eigenvalue weighted by Crippen LogP contribution is 2.31. The summed E-state index contributed by atoms with van der Waals surface area (Å²) in [6.45, 7) is 2.13. The second-order valence-electron chi connectivity index (χ2n) is 8.74. The number of carbonyl (C=O) groups is 1. The number of nitrogens with one attached hydrogen (secondary N) is 1. The molecule has 1 amide bonds. The van der Waals surface area contributed by atoms with E-state index in [4.69, 9.17) is 15.2 Å². The maximum atomic E-state index is 12.5. The number of rotatable bonds is 8. The van der Waals surface area contributed by atoms with Gasteiger partial charge in [-0.2, -0.15) is 0 Å². The number of benzene rings is 2. The fourth-order valence-electron chi connectivity index (χ4n) is 3.87. The lowest BCUT2D eigenvalue weighted by Gasteiger charge is -2.23. The molecule has 3 aromatic rings. The summed E-state index contributed by atoms with van der Waals surface area (Å²) in [7, 11) is 3.95. The van der Waals surface area contributed by atoms with E-state index >= 15 is 0 Å². The van der Waals surface area contributed by atoms with Crippen LogP contribution in [-0.2, 0) is 4.74 Å². The molecule has 1 aromatic heterocycles. The molecule has 2 heterocycles. The summed E-state index contributed by atoms with van der Waals surface area (Å²) in [5, 5.41) is 2.95. The predicted molar refractivity (Wildman–Crippen MR) is 135 cm³/mol. The van der Waals surface area contributed by atoms with Crippen molar-refractivity contribution in [3.63, 3.8) is 0 Å². The van der Waals surface area contributed by atoms with Gasteiger partial charge in [0.2, 0.25) is 0 Å². The molecule has 4 rings (SSSR count). The summed E-state index contributed by atoms with van der Waals surface area (Å²) in [5.74, 6) is 1.13. The van der Waals surface area contributed by atoms with Gasteiger partial charge in [0.1, 0.15) is 11.6 Å². The zero-order valence-electron chi connectivity index (χ0n) is 19.8. The molecule has 1 aliphatic rings. The number of nitrogens with two attached hydrogens (primary N) is 1. The van der Waals surface area contributed by atoms with Gasteiger partial charge in [-0.15, -0.1) is 0 Å². The van der Waals surface area contributed by atoms with Crippen LogP contribution in [-0.4, -0.2) is 55.9 Å². The highest BCUT2D eigenvalue weighted by Gasteiger charge is 2.15. The Hall–Kier alpha value is -3.42. The van der Waals surface area contributed by atoms with Crippen molar-refractivity contribution in [1.29, 1.82) is 0 Å². The van der Waals surface area contributed by atoms with Gasteiger partial charge in [0, 0.05) is 42.4 Å². The molecule has 7 nitrogen and oxygen atoms in total. The van der Waals surface area contributed by atoms with Crippen LogP contribution in [0.4, 0.5) is 5.82 Å². The van der Waals surface area contributed by atoms with E-state index in [0.717, 1.165) is 60.4 Å². The topological polar surface area (TPSA) is 89.7 Å². The van der Waals surface area contributed by atoms with Crippen LogP contribution >= 0.6 is 0 Å². The van der Waals surface area contributed by atoms with E-state index in [0.29, 0.717) is 17.9 Å². The Bertz CT molecular complexity index is 1110. The second-order valence-corrected chi connectivity index (χ2v) is 8.74. The first-order valence-electron chi connectivity index (χ1n) is 11.7. The summed E-state index contributed by atoms with van der Waals surface area (Å²) < 4.78 is 11.6. The Labute approximate surface area is 200 Å². The number of ether oxygens (including phenoxy) is 2. The minimum absolute atomic E-state index is 0.0927. The molecule has 2 aromatic carbocycles. The van der Waals surface area contributed by atoms with Crippen molar-refractivity contribution in [3.8, 4) is 28.0 Å². The number of pyridine rings is 1. The predicted octanol–water partition coefficient (Wildman–Crippen LogP) is 4.19. The van der Waals surface area contributed by atoms with Crippen molar-refractivity contribution in [3.05, 3.63) is 66.4 Å². The molecule has 0 saturated carbocycles. The number of hydrogen-bond donors (Lipinski definition) is 2. The lowest BCUT2D eigenvalue weighted by atomic mass is 9.99. The third kappa shape index (κ3) is 6.12.